The first-order valence-corrected chi connectivity index (χ1v) is 7.47. The van der Waals surface area contributed by atoms with Crippen LogP contribution in [0.15, 0.2) is 0 Å². The quantitative estimate of drug-likeness (QED) is 0.634. The molecule has 1 unspecified atom stereocenters. The molecule has 96 valence electrons. The van der Waals surface area contributed by atoms with Crippen molar-refractivity contribution in [1.29, 1.82) is 0 Å². The molecule has 0 radical (unpaired) electrons. The van der Waals surface area contributed by atoms with Gasteiger partial charge in [0.25, 0.3) is 0 Å². The summed E-state index contributed by atoms with van der Waals surface area (Å²) in [5, 5.41) is 0. The molecule has 4 heteroatoms. The maximum absolute atomic E-state index is 11.8. The zero-order valence-electron chi connectivity index (χ0n) is 10.9. The summed E-state index contributed by atoms with van der Waals surface area (Å²) < 4.78 is 0. The summed E-state index contributed by atoms with van der Waals surface area (Å²) in [5.74, 6) is 1.39. The molecular weight excluding hydrogens is 220 g/mol. The van der Waals surface area contributed by atoms with E-state index in [0.717, 1.165) is 38.0 Å². The van der Waals surface area contributed by atoms with Crippen LogP contribution in [0.5, 0.6) is 0 Å². The third kappa shape index (κ3) is 7.12. The highest BCUT2D eigenvalue weighted by atomic mass is 32.2. The Hall–Kier alpha value is -0.220. The predicted molar refractivity (Wildman–Crippen MR) is 72.8 cm³/mol. The predicted octanol–water partition coefficient (Wildman–Crippen LogP) is 2.11. The highest BCUT2D eigenvalue weighted by Gasteiger charge is 2.14. The number of thioether (sulfide) groups is 1. The average molecular weight is 246 g/mol. The third-order valence-corrected chi connectivity index (χ3v) is 3.53. The van der Waals surface area contributed by atoms with Crippen LogP contribution in [0.2, 0.25) is 0 Å². The Kier molecular flexibility index (Phi) is 9.83. The van der Waals surface area contributed by atoms with Crippen molar-refractivity contribution in [3.63, 3.8) is 0 Å². The molecule has 16 heavy (non-hydrogen) atoms. The first kappa shape index (κ1) is 15.8. The molecule has 0 aromatic rings. The van der Waals surface area contributed by atoms with Gasteiger partial charge in [-0.05, 0) is 44.7 Å². The number of rotatable bonds is 9. The zero-order chi connectivity index (χ0) is 12.4. The third-order valence-electron chi connectivity index (χ3n) is 2.89. The Labute approximate surface area is 104 Å². The lowest BCUT2D eigenvalue weighted by molar-refractivity contribution is -0.131. The fourth-order valence-electron chi connectivity index (χ4n) is 1.50. The molecule has 3 nitrogen and oxygen atoms in total. The van der Waals surface area contributed by atoms with E-state index in [0.29, 0.717) is 12.5 Å². The molecule has 1 atom stereocenters. The number of carbonyl (C=O) groups is 1. The van der Waals surface area contributed by atoms with E-state index < -0.39 is 0 Å². The van der Waals surface area contributed by atoms with Gasteiger partial charge in [0.1, 0.15) is 0 Å². The number of carbonyl (C=O) groups excluding carboxylic acids is 1. The molecule has 0 saturated heterocycles. The monoisotopic (exact) mass is 246 g/mol. The Bertz CT molecular complexity index is 188. The van der Waals surface area contributed by atoms with Gasteiger partial charge in [0.05, 0.1) is 0 Å². The molecular formula is C12H26N2OS. The van der Waals surface area contributed by atoms with Crippen LogP contribution in [-0.4, -0.2) is 42.4 Å². The second-order valence-electron chi connectivity index (χ2n) is 4.23. The van der Waals surface area contributed by atoms with Crippen LogP contribution in [0.4, 0.5) is 0 Å². The van der Waals surface area contributed by atoms with Crippen LogP contribution in [0, 0.1) is 0 Å². The summed E-state index contributed by atoms with van der Waals surface area (Å²) in [6, 6.07) is 0.356. The number of unbranched alkanes of at least 4 members (excludes halogenated alkanes) is 2. The first-order chi connectivity index (χ1) is 7.63. The van der Waals surface area contributed by atoms with Crippen molar-refractivity contribution in [2.75, 3.05) is 25.6 Å². The van der Waals surface area contributed by atoms with Gasteiger partial charge in [-0.2, -0.15) is 11.8 Å². The number of nitrogens with two attached hydrogens (primary N) is 1. The molecule has 0 aromatic carbocycles. The average Bonchev–Trinajstić information content (AvgIpc) is 2.30. The number of nitrogens with zero attached hydrogens (tertiary/aromatic N) is 1. The minimum absolute atomic E-state index is 0.269. The Balaban J connectivity index is 3.70. The van der Waals surface area contributed by atoms with Crippen molar-refractivity contribution < 1.29 is 4.79 Å². The van der Waals surface area contributed by atoms with E-state index in [-0.39, 0.29) is 5.91 Å². The van der Waals surface area contributed by atoms with Crippen LogP contribution < -0.4 is 5.73 Å². The number of hydrogen-bond acceptors (Lipinski definition) is 3. The Morgan fingerprint density at radius 1 is 1.38 bits per heavy atom. The molecule has 0 aliphatic rings. The fraction of sp³-hybridized carbons (Fsp3) is 0.917. The standard InChI is InChI=1S/C12H26N2OS/c1-11(8-10-16-3)14(2)12(15)7-5-4-6-9-13/h11H,4-10,13H2,1-3H3. The minimum atomic E-state index is 0.269. The summed E-state index contributed by atoms with van der Waals surface area (Å²) in [7, 11) is 1.91. The second kappa shape index (κ2) is 9.97. The number of hydrogen-bond donors (Lipinski definition) is 1. The van der Waals surface area contributed by atoms with Crippen molar-refractivity contribution in [3.05, 3.63) is 0 Å². The normalized spacial score (nSPS) is 12.5. The topological polar surface area (TPSA) is 46.3 Å². The molecule has 0 rings (SSSR count). The lowest BCUT2D eigenvalue weighted by Crippen LogP contribution is -2.35. The van der Waals surface area contributed by atoms with Gasteiger partial charge in [0.2, 0.25) is 5.91 Å². The minimum Gasteiger partial charge on any atom is -0.343 e. The lowest BCUT2D eigenvalue weighted by atomic mass is 10.1. The zero-order valence-corrected chi connectivity index (χ0v) is 11.7. The second-order valence-corrected chi connectivity index (χ2v) is 5.22. The van der Waals surface area contributed by atoms with Crippen LogP contribution in [0.25, 0.3) is 0 Å². The van der Waals surface area contributed by atoms with E-state index in [9.17, 15) is 4.79 Å². The van der Waals surface area contributed by atoms with Crippen molar-refractivity contribution in [3.8, 4) is 0 Å². The number of amides is 1. The van der Waals surface area contributed by atoms with E-state index in [1.54, 1.807) is 0 Å². The molecule has 0 aliphatic carbocycles. The summed E-state index contributed by atoms with van der Waals surface area (Å²) in [5.41, 5.74) is 5.41. The van der Waals surface area contributed by atoms with Gasteiger partial charge in [-0.25, -0.2) is 0 Å². The lowest BCUT2D eigenvalue weighted by Gasteiger charge is -2.24. The van der Waals surface area contributed by atoms with Crippen LogP contribution in [0.3, 0.4) is 0 Å². The van der Waals surface area contributed by atoms with E-state index in [2.05, 4.69) is 13.2 Å². The van der Waals surface area contributed by atoms with E-state index in [1.807, 2.05) is 23.7 Å². The molecule has 0 spiro atoms. The SMILES string of the molecule is CSCCC(C)N(C)C(=O)CCCCCN. The Morgan fingerprint density at radius 2 is 2.06 bits per heavy atom. The Morgan fingerprint density at radius 3 is 2.62 bits per heavy atom. The molecule has 0 saturated carbocycles. The summed E-state index contributed by atoms with van der Waals surface area (Å²) in [6.07, 6.45) is 6.90. The molecule has 0 fully saturated rings. The molecule has 0 aliphatic heterocycles. The van der Waals surface area contributed by atoms with Crippen LogP contribution >= 0.6 is 11.8 Å². The highest BCUT2D eigenvalue weighted by molar-refractivity contribution is 7.98. The van der Waals surface area contributed by atoms with E-state index >= 15 is 0 Å². The largest absolute Gasteiger partial charge is 0.343 e. The van der Waals surface area contributed by atoms with Crippen molar-refractivity contribution in [2.24, 2.45) is 5.73 Å². The van der Waals surface area contributed by atoms with Crippen LogP contribution in [0.1, 0.15) is 39.0 Å². The maximum atomic E-state index is 11.8. The van der Waals surface area contributed by atoms with E-state index in [4.69, 9.17) is 5.73 Å². The summed E-state index contributed by atoms with van der Waals surface area (Å²) in [4.78, 5) is 13.7. The smallest absolute Gasteiger partial charge is 0.222 e. The van der Waals surface area contributed by atoms with Gasteiger partial charge in [0.15, 0.2) is 0 Å². The van der Waals surface area contributed by atoms with Gasteiger partial charge in [-0.1, -0.05) is 6.42 Å². The van der Waals surface area contributed by atoms with Gasteiger partial charge in [0, 0.05) is 19.5 Å². The van der Waals surface area contributed by atoms with Gasteiger partial charge < -0.3 is 10.6 Å². The first-order valence-electron chi connectivity index (χ1n) is 6.08. The van der Waals surface area contributed by atoms with Crippen molar-refractivity contribution in [2.45, 2.75) is 45.1 Å². The van der Waals surface area contributed by atoms with Gasteiger partial charge >= 0.3 is 0 Å². The molecule has 0 bridgehead atoms. The van der Waals surface area contributed by atoms with Crippen molar-refractivity contribution >= 4 is 17.7 Å². The molecule has 0 aromatic heterocycles. The van der Waals surface area contributed by atoms with Gasteiger partial charge in [-0.3, -0.25) is 4.79 Å². The molecule has 1 amide bonds. The van der Waals surface area contributed by atoms with E-state index in [1.165, 1.54) is 0 Å². The van der Waals surface area contributed by atoms with Crippen LogP contribution in [-0.2, 0) is 4.79 Å². The maximum Gasteiger partial charge on any atom is 0.222 e. The highest BCUT2D eigenvalue weighted by Crippen LogP contribution is 2.09. The van der Waals surface area contributed by atoms with Crippen molar-refractivity contribution in [1.82, 2.24) is 4.90 Å². The summed E-state index contributed by atoms with van der Waals surface area (Å²) >= 11 is 1.83. The summed E-state index contributed by atoms with van der Waals surface area (Å²) in [6.45, 7) is 2.85. The fourth-order valence-corrected chi connectivity index (χ4v) is 2.08. The van der Waals surface area contributed by atoms with Gasteiger partial charge in [-0.15, -0.1) is 0 Å². The molecule has 0 heterocycles. The molecule has 2 N–H and O–H groups in total.